The largest absolute Gasteiger partial charge is 0.386 e. The van der Waals surface area contributed by atoms with Crippen LogP contribution in [0.3, 0.4) is 0 Å². The molecule has 0 bridgehead atoms. The molecule has 1 aliphatic heterocycles. The fourth-order valence-corrected chi connectivity index (χ4v) is 2.37. The van der Waals surface area contributed by atoms with E-state index in [1.54, 1.807) is 12.4 Å². The van der Waals surface area contributed by atoms with Gasteiger partial charge in [0.15, 0.2) is 5.15 Å². The first-order valence-electron chi connectivity index (χ1n) is 6.11. The lowest BCUT2D eigenvalue weighted by molar-refractivity contribution is 0.0382. The van der Waals surface area contributed by atoms with Gasteiger partial charge in [-0.25, -0.2) is 4.98 Å². The van der Waals surface area contributed by atoms with Gasteiger partial charge in [0.1, 0.15) is 11.1 Å². The van der Waals surface area contributed by atoms with Crippen LogP contribution in [-0.2, 0) is 4.74 Å². The number of aromatic nitrogens is 2. The van der Waals surface area contributed by atoms with Crippen molar-refractivity contribution in [2.24, 2.45) is 0 Å². The van der Waals surface area contributed by atoms with Gasteiger partial charge in [-0.15, -0.1) is 0 Å². The summed E-state index contributed by atoms with van der Waals surface area (Å²) in [6, 6.07) is 3.77. The quantitative estimate of drug-likeness (QED) is 0.839. The zero-order chi connectivity index (χ0) is 13.3. The number of anilines is 1. The molecule has 1 saturated heterocycles. The molecule has 6 heteroatoms. The molecule has 100 valence electrons. The molecule has 1 unspecified atom stereocenters. The van der Waals surface area contributed by atoms with Crippen molar-refractivity contribution in [2.45, 2.75) is 12.0 Å². The van der Waals surface area contributed by atoms with E-state index < -0.39 is 5.60 Å². The summed E-state index contributed by atoms with van der Waals surface area (Å²) < 4.78 is 5.22. The van der Waals surface area contributed by atoms with Crippen molar-refractivity contribution < 1.29 is 9.84 Å². The van der Waals surface area contributed by atoms with Gasteiger partial charge in [0.05, 0.1) is 18.5 Å². The van der Waals surface area contributed by atoms with Crippen molar-refractivity contribution >= 4 is 28.2 Å². The lowest BCUT2D eigenvalue weighted by Crippen LogP contribution is -2.37. The summed E-state index contributed by atoms with van der Waals surface area (Å²) in [7, 11) is 0. The van der Waals surface area contributed by atoms with Crippen LogP contribution in [0.2, 0.25) is 5.15 Å². The minimum Gasteiger partial charge on any atom is -0.386 e. The molecule has 0 spiro atoms. The lowest BCUT2D eigenvalue weighted by atomic mass is 10.0. The SMILES string of the molecule is OC1(CNc2cnc(Cl)c3ncccc23)CCOC1. The van der Waals surface area contributed by atoms with Crippen molar-refractivity contribution in [3.8, 4) is 0 Å². The number of ether oxygens (including phenoxy) is 1. The second kappa shape index (κ2) is 4.92. The first kappa shape index (κ1) is 12.6. The van der Waals surface area contributed by atoms with E-state index in [1.165, 1.54) is 0 Å². The first-order valence-corrected chi connectivity index (χ1v) is 6.49. The summed E-state index contributed by atoms with van der Waals surface area (Å²) in [4.78, 5) is 8.32. The highest BCUT2D eigenvalue weighted by molar-refractivity contribution is 6.34. The van der Waals surface area contributed by atoms with E-state index >= 15 is 0 Å². The van der Waals surface area contributed by atoms with E-state index in [-0.39, 0.29) is 0 Å². The Morgan fingerprint density at radius 2 is 2.37 bits per heavy atom. The van der Waals surface area contributed by atoms with E-state index in [2.05, 4.69) is 15.3 Å². The molecule has 3 rings (SSSR count). The Morgan fingerprint density at radius 1 is 1.47 bits per heavy atom. The van der Waals surface area contributed by atoms with Gasteiger partial charge in [-0.1, -0.05) is 11.6 Å². The molecule has 1 fully saturated rings. The number of nitrogens with zero attached hydrogens (tertiary/aromatic N) is 2. The molecule has 5 nitrogen and oxygen atoms in total. The topological polar surface area (TPSA) is 67.3 Å². The average molecular weight is 280 g/mol. The molecule has 0 saturated carbocycles. The molecule has 0 radical (unpaired) electrons. The summed E-state index contributed by atoms with van der Waals surface area (Å²) in [5, 5.41) is 14.7. The second-order valence-corrected chi connectivity index (χ2v) is 5.10. The van der Waals surface area contributed by atoms with Crippen LogP contribution in [0.4, 0.5) is 5.69 Å². The van der Waals surface area contributed by atoms with Gasteiger partial charge in [-0.05, 0) is 12.1 Å². The van der Waals surface area contributed by atoms with Crippen molar-refractivity contribution in [3.05, 3.63) is 29.7 Å². The average Bonchev–Trinajstić information content (AvgIpc) is 2.86. The molecule has 3 heterocycles. The Labute approximate surface area is 115 Å². The van der Waals surface area contributed by atoms with Gasteiger partial charge in [0.25, 0.3) is 0 Å². The lowest BCUT2D eigenvalue weighted by Gasteiger charge is -2.21. The highest BCUT2D eigenvalue weighted by Gasteiger charge is 2.32. The van der Waals surface area contributed by atoms with E-state index in [1.807, 2.05) is 12.1 Å². The molecule has 0 amide bonds. The van der Waals surface area contributed by atoms with Crippen molar-refractivity contribution in [2.75, 3.05) is 25.1 Å². The van der Waals surface area contributed by atoms with Gasteiger partial charge >= 0.3 is 0 Å². The maximum absolute atomic E-state index is 10.2. The van der Waals surface area contributed by atoms with E-state index in [4.69, 9.17) is 16.3 Å². The summed E-state index contributed by atoms with van der Waals surface area (Å²) >= 11 is 6.01. The monoisotopic (exact) mass is 279 g/mol. The number of aliphatic hydroxyl groups is 1. The Hall–Kier alpha value is -1.43. The van der Waals surface area contributed by atoms with Crippen LogP contribution in [-0.4, -0.2) is 40.4 Å². The van der Waals surface area contributed by atoms with Gasteiger partial charge < -0.3 is 15.2 Å². The normalized spacial score (nSPS) is 22.8. The van der Waals surface area contributed by atoms with Crippen LogP contribution in [0.1, 0.15) is 6.42 Å². The van der Waals surface area contributed by atoms with E-state index in [0.29, 0.717) is 36.8 Å². The van der Waals surface area contributed by atoms with Gasteiger partial charge in [0, 0.05) is 31.2 Å². The predicted octanol–water partition coefficient (Wildman–Crippen LogP) is 1.85. The van der Waals surface area contributed by atoms with Crippen molar-refractivity contribution in [1.29, 1.82) is 0 Å². The van der Waals surface area contributed by atoms with Gasteiger partial charge in [-0.3, -0.25) is 4.98 Å². The maximum Gasteiger partial charge on any atom is 0.155 e. The van der Waals surface area contributed by atoms with Crippen LogP contribution in [0.5, 0.6) is 0 Å². The van der Waals surface area contributed by atoms with Gasteiger partial charge in [-0.2, -0.15) is 0 Å². The highest BCUT2D eigenvalue weighted by atomic mass is 35.5. The summed E-state index contributed by atoms with van der Waals surface area (Å²) in [6.07, 6.45) is 3.97. The number of pyridine rings is 2. The zero-order valence-corrected chi connectivity index (χ0v) is 11.0. The summed E-state index contributed by atoms with van der Waals surface area (Å²) in [6.45, 7) is 1.37. The third-order valence-electron chi connectivity index (χ3n) is 3.29. The maximum atomic E-state index is 10.2. The Morgan fingerprint density at radius 3 is 3.16 bits per heavy atom. The molecule has 1 aliphatic rings. The minimum atomic E-state index is -0.811. The molecule has 0 aromatic carbocycles. The molecule has 19 heavy (non-hydrogen) atoms. The number of nitrogens with one attached hydrogen (secondary N) is 1. The summed E-state index contributed by atoms with van der Waals surface area (Å²) in [5.74, 6) is 0. The number of hydrogen-bond acceptors (Lipinski definition) is 5. The zero-order valence-electron chi connectivity index (χ0n) is 10.3. The standard InChI is InChI=1S/C13H14ClN3O2/c14-12-11-9(2-1-4-15-11)10(6-16-12)17-7-13(18)3-5-19-8-13/h1-2,4,6,17-18H,3,5,7-8H2. The predicted molar refractivity (Wildman–Crippen MR) is 73.4 cm³/mol. The van der Waals surface area contributed by atoms with Crippen molar-refractivity contribution in [1.82, 2.24) is 9.97 Å². The van der Waals surface area contributed by atoms with Crippen LogP contribution in [0.25, 0.3) is 10.9 Å². The number of fused-ring (bicyclic) bond motifs is 1. The van der Waals surface area contributed by atoms with Crippen LogP contribution >= 0.6 is 11.6 Å². The molecule has 2 N–H and O–H groups in total. The Balaban J connectivity index is 1.87. The second-order valence-electron chi connectivity index (χ2n) is 4.74. The Kier molecular flexibility index (Phi) is 3.26. The van der Waals surface area contributed by atoms with E-state index in [0.717, 1.165) is 11.1 Å². The molecule has 2 aromatic heterocycles. The number of halogens is 1. The molecular formula is C13H14ClN3O2. The fraction of sp³-hybridized carbons (Fsp3) is 0.385. The molecule has 0 aliphatic carbocycles. The number of rotatable bonds is 3. The van der Waals surface area contributed by atoms with Gasteiger partial charge in [0.2, 0.25) is 0 Å². The highest BCUT2D eigenvalue weighted by Crippen LogP contribution is 2.27. The third-order valence-corrected chi connectivity index (χ3v) is 3.57. The fourth-order valence-electron chi connectivity index (χ4n) is 2.18. The minimum absolute atomic E-state index is 0.358. The third kappa shape index (κ3) is 2.49. The Bertz CT molecular complexity index is 599. The molecular weight excluding hydrogens is 266 g/mol. The van der Waals surface area contributed by atoms with E-state index in [9.17, 15) is 5.11 Å². The molecule has 2 aromatic rings. The van der Waals surface area contributed by atoms with Crippen LogP contribution in [0, 0.1) is 0 Å². The van der Waals surface area contributed by atoms with Crippen LogP contribution in [0.15, 0.2) is 24.5 Å². The first-order chi connectivity index (χ1) is 9.18. The summed E-state index contributed by atoms with van der Waals surface area (Å²) in [5.41, 5.74) is 0.658. The smallest absolute Gasteiger partial charge is 0.155 e. The van der Waals surface area contributed by atoms with Crippen LogP contribution < -0.4 is 5.32 Å². The van der Waals surface area contributed by atoms with Crippen molar-refractivity contribution in [3.63, 3.8) is 0 Å². The molecule has 1 atom stereocenters. The number of hydrogen-bond donors (Lipinski definition) is 2.